The maximum absolute atomic E-state index is 11.8. The Morgan fingerprint density at radius 2 is 2.00 bits per heavy atom. The van der Waals surface area contributed by atoms with Crippen LogP contribution in [0, 0.1) is 0 Å². The van der Waals surface area contributed by atoms with Gasteiger partial charge in [-0.3, -0.25) is 10.2 Å². The fraction of sp³-hybridized carbons (Fsp3) is 0.167. The zero-order valence-corrected chi connectivity index (χ0v) is 13.2. The Morgan fingerprint density at radius 3 is 2.77 bits per heavy atom. The highest BCUT2D eigenvalue weighted by Gasteiger charge is 2.18. The summed E-state index contributed by atoms with van der Waals surface area (Å²) < 4.78 is 0. The second kappa shape index (κ2) is 6.38. The van der Waals surface area contributed by atoms with Gasteiger partial charge in [0.05, 0.1) is 0 Å². The van der Waals surface area contributed by atoms with E-state index in [0.717, 1.165) is 18.4 Å². The number of benzene rings is 2. The molecule has 2 aromatic rings. The molecule has 22 heavy (non-hydrogen) atoms. The predicted molar refractivity (Wildman–Crippen MR) is 91.7 cm³/mol. The Morgan fingerprint density at radius 1 is 1.18 bits per heavy atom. The van der Waals surface area contributed by atoms with Gasteiger partial charge in [0, 0.05) is 10.5 Å². The Balaban J connectivity index is 2.13. The minimum atomic E-state index is -0.258. The molecular formula is C18H18N2OS. The third-order valence-electron chi connectivity index (χ3n) is 3.95. The highest BCUT2D eigenvalue weighted by molar-refractivity contribution is 7.98. The van der Waals surface area contributed by atoms with Crippen molar-refractivity contribution in [2.45, 2.75) is 17.7 Å². The average Bonchev–Trinajstić information content (AvgIpc) is 2.60. The van der Waals surface area contributed by atoms with Crippen LogP contribution in [0.4, 0.5) is 0 Å². The summed E-state index contributed by atoms with van der Waals surface area (Å²) in [6.07, 6.45) is 6.38. The number of hydrazine groups is 1. The molecule has 1 aliphatic carbocycles. The second-order valence-corrected chi connectivity index (χ2v) is 6.05. The van der Waals surface area contributed by atoms with Gasteiger partial charge in [0.1, 0.15) is 0 Å². The molecule has 0 bridgehead atoms. The minimum Gasteiger partial charge on any atom is -0.290 e. The van der Waals surface area contributed by atoms with E-state index < -0.39 is 0 Å². The zero-order valence-electron chi connectivity index (χ0n) is 12.4. The summed E-state index contributed by atoms with van der Waals surface area (Å²) in [5.74, 6) is 5.00. The number of nitrogen functional groups attached to an aromatic ring is 1. The molecule has 3 rings (SSSR count). The average molecular weight is 310 g/mol. The van der Waals surface area contributed by atoms with Crippen LogP contribution in [-0.4, -0.2) is 12.2 Å². The Bertz CT molecular complexity index is 753. The molecule has 0 saturated heterocycles. The summed E-state index contributed by atoms with van der Waals surface area (Å²) in [4.78, 5) is 13.1. The summed E-state index contributed by atoms with van der Waals surface area (Å²) in [6, 6.07) is 14.2. The van der Waals surface area contributed by atoms with Crippen LogP contribution < -0.4 is 11.3 Å². The first-order chi connectivity index (χ1) is 10.7. The number of amides is 1. The van der Waals surface area contributed by atoms with E-state index in [-0.39, 0.29) is 5.91 Å². The molecule has 1 aliphatic rings. The summed E-state index contributed by atoms with van der Waals surface area (Å²) in [5.41, 5.74) is 7.64. The van der Waals surface area contributed by atoms with Gasteiger partial charge < -0.3 is 0 Å². The van der Waals surface area contributed by atoms with Gasteiger partial charge in [0.15, 0.2) is 0 Å². The minimum absolute atomic E-state index is 0.258. The number of carbonyl (C=O) groups is 1. The summed E-state index contributed by atoms with van der Waals surface area (Å²) in [6.45, 7) is 0. The predicted octanol–water partition coefficient (Wildman–Crippen LogP) is 3.39. The molecule has 0 saturated carbocycles. The molecule has 0 fully saturated rings. The van der Waals surface area contributed by atoms with Crippen molar-refractivity contribution in [3.8, 4) is 0 Å². The van der Waals surface area contributed by atoms with Gasteiger partial charge in [-0.05, 0) is 59.6 Å². The van der Waals surface area contributed by atoms with E-state index in [4.69, 9.17) is 5.84 Å². The van der Waals surface area contributed by atoms with Gasteiger partial charge in [-0.15, -0.1) is 11.8 Å². The van der Waals surface area contributed by atoms with Crippen molar-refractivity contribution < 1.29 is 4.79 Å². The van der Waals surface area contributed by atoms with Gasteiger partial charge >= 0.3 is 0 Å². The zero-order chi connectivity index (χ0) is 15.5. The quantitative estimate of drug-likeness (QED) is 0.395. The Hall–Kier alpha value is -2.04. The number of hydrogen-bond acceptors (Lipinski definition) is 3. The number of fused-ring (bicyclic) bond motifs is 1. The second-order valence-electron chi connectivity index (χ2n) is 5.20. The van der Waals surface area contributed by atoms with E-state index in [1.54, 1.807) is 11.8 Å². The van der Waals surface area contributed by atoms with E-state index in [1.807, 2.05) is 18.2 Å². The SMILES string of the molecule is CSc1ccccc1C1=CCCc2ccc(C(=O)NN)cc21. The van der Waals surface area contributed by atoms with Gasteiger partial charge in [-0.1, -0.05) is 30.3 Å². The lowest BCUT2D eigenvalue weighted by molar-refractivity contribution is 0.0953. The molecule has 3 nitrogen and oxygen atoms in total. The first kappa shape index (κ1) is 14.9. The van der Waals surface area contributed by atoms with Crippen molar-refractivity contribution in [2.75, 3.05) is 6.26 Å². The van der Waals surface area contributed by atoms with Crippen LogP contribution in [0.25, 0.3) is 5.57 Å². The summed E-state index contributed by atoms with van der Waals surface area (Å²) in [7, 11) is 0. The van der Waals surface area contributed by atoms with Crippen LogP contribution in [0.5, 0.6) is 0 Å². The van der Waals surface area contributed by atoms with Crippen LogP contribution >= 0.6 is 11.8 Å². The van der Waals surface area contributed by atoms with E-state index in [2.05, 4.69) is 42.0 Å². The number of thioether (sulfide) groups is 1. The molecule has 1 amide bonds. The lowest BCUT2D eigenvalue weighted by Crippen LogP contribution is -2.30. The monoisotopic (exact) mass is 310 g/mol. The smallest absolute Gasteiger partial charge is 0.265 e. The van der Waals surface area contributed by atoms with Crippen LogP contribution in [-0.2, 0) is 6.42 Å². The number of allylic oxidation sites excluding steroid dienone is 1. The van der Waals surface area contributed by atoms with Crippen molar-refractivity contribution in [1.82, 2.24) is 5.43 Å². The molecule has 0 heterocycles. The lowest BCUT2D eigenvalue weighted by Gasteiger charge is -2.20. The third-order valence-corrected chi connectivity index (χ3v) is 4.75. The van der Waals surface area contributed by atoms with Gasteiger partial charge in [0.2, 0.25) is 0 Å². The van der Waals surface area contributed by atoms with Crippen molar-refractivity contribution in [3.05, 3.63) is 70.8 Å². The van der Waals surface area contributed by atoms with Crippen molar-refractivity contribution in [1.29, 1.82) is 0 Å². The Labute approximate surface area is 134 Å². The third kappa shape index (κ3) is 2.67. The van der Waals surface area contributed by atoms with Gasteiger partial charge in [-0.25, -0.2) is 5.84 Å². The molecule has 4 heteroatoms. The van der Waals surface area contributed by atoms with Crippen molar-refractivity contribution in [2.24, 2.45) is 5.84 Å². The van der Waals surface area contributed by atoms with Crippen LogP contribution in [0.1, 0.15) is 33.5 Å². The van der Waals surface area contributed by atoms with Gasteiger partial charge in [0.25, 0.3) is 5.91 Å². The van der Waals surface area contributed by atoms with Gasteiger partial charge in [-0.2, -0.15) is 0 Å². The van der Waals surface area contributed by atoms with E-state index in [0.29, 0.717) is 5.56 Å². The first-order valence-corrected chi connectivity index (χ1v) is 8.45. The first-order valence-electron chi connectivity index (χ1n) is 7.22. The Kier molecular flexibility index (Phi) is 4.32. The summed E-state index contributed by atoms with van der Waals surface area (Å²) >= 11 is 1.74. The highest BCUT2D eigenvalue weighted by atomic mass is 32.2. The normalized spacial score (nSPS) is 13.3. The number of nitrogens with one attached hydrogen (secondary N) is 1. The van der Waals surface area contributed by atoms with E-state index in [1.165, 1.54) is 21.6 Å². The molecular weight excluding hydrogens is 292 g/mol. The maximum Gasteiger partial charge on any atom is 0.265 e. The van der Waals surface area contributed by atoms with E-state index >= 15 is 0 Å². The molecule has 0 aromatic heterocycles. The molecule has 0 atom stereocenters. The number of carbonyl (C=O) groups excluding carboxylic acids is 1. The van der Waals surface area contributed by atoms with Crippen LogP contribution in [0.2, 0.25) is 0 Å². The molecule has 0 spiro atoms. The summed E-state index contributed by atoms with van der Waals surface area (Å²) in [5, 5.41) is 0. The molecule has 0 aliphatic heterocycles. The largest absolute Gasteiger partial charge is 0.290 e. The van der Waals surface area contributed by atoms with E-state index in [9.17, 15) is 4.79 Å². The highest BCUT2D eigenvalue weighted by Crippen LogP contribution is 2.36. The molecule has 0 unspecified atom stereocenters. The van der Waals surface area contributed by atoms with Crippen LogP contribution in [0.3, 0.4) is 0 Å². The molecule has 2 aromatic carbocycles. The molecule has 3 N–H and O–H groups in total. The topological polar surface area (TPSA) is 55.1 Å². The van der Waals surface area contributed by atoms with Crippen LogP contribution in [0.15, 0.2) is 53.4 Å². The van der Waals surface area contributed by atoms with Crippen molar-refractivity contribution in [3.63, 3.8) is 0 Å². The maximum atomic E-state index is 11.8. The molecule has 0 radical (unpaired) electrons. The lowest BCUT2D eigenvalue weighted by atomic mass is 9.86. The van der Waals surface area contributed by atoms with Crippen molar-refractivity contribution >= 4 is 23.2 Å². The fourth-order valence-electron chi connectivity index (χ4n) is 2.87. The standard InChI is InChI=1S/C18H18N2OS/c1-22-17-8-3-2-6-15(17)14-7-4-5-12-9-10-13(11-16(12)14)18(21)20-19/h2-3,6-11H,4-5,19H2,1H3,(H,20,21). The number of aryl methyl sites for hydroxylation is 1. The number of hydrogen-bond donors (Lipinski definition) is 2. The molecule has 112 valence electrons. The fourth-order valence-corrected chi connectivity index (χ4v) is 3.49. The number of nitrogens with two attached hydrogens (primary N) is 1. The number of rotatable bonds is 3.